The summed E-state index contributed by atoms with van der Waals surface area (Å²) in [5.74, 6) is 0.501. The average molecular weight is 295 g/mol. The Morgan fingerprint density at radius 1 is 1.05 bits per heavy atom. The predicted octanol–water partition coefficient (Wildman–Crippen LogP) is 4.02. The van der Waals surface area contributed by atoms with Crippen LogP contribution in [0, 0.1) is 0 Å². The van der Waals surface area contributed by atoms with Crippen molar-refractivity contribution in [3.63, 3.8) is 0 Å². The first-order chi connectivity index (χ1) is 10.7. The number of fused-ring (bicyclic) bond motifs is 1. The minimum atomic E-state index is -0.329. The Labute approximate surface area is 128 Å². The van der Waals surface area contributed by atoms with E-state index in [1.165, 1.54) is 0 Å². The van der Waals surface area contributed by atoms with E-state index in [9.17, 15) is 4.79 Å². The fourth-order valence-corrected chi connectivity index (χ4v) is 2.41. The SMILES string of the molecule is CCOC(=O)c1cc2cc(-c3ccc(OC)cc3)ccc2[nH]1. The van der Waals surface area contributed by atoms with Crippen LogP contribution < -0.4 is 4.74 Å². The van der Waals surface area contributed by atoms with E-state index in [2.05, 4.69) is 11.1 Å². The Kier molecular flexibility index (Phi) is 3.83. The van der Waals surface area contributed by atoms with Gasteiger partial charge < -0.3 is 14.5 Å². The summed E-state index contributed by atoms with van der Waals surface area (Å²) in [5.41, 5.74) is 3.58. The quantitative estimate of drug-likeness (QED) is 0.740. The Morgan fingerprint density at radius 2 is 1.77 bits per heavy atom. The van der Waals surface area contributed by atoms with E-state index < -0.39 is 0 Å². The minimum absolute atomic E-state index is 0.329. The number of H-pyrrole nitrogens is 1. The van der Waals surface area contributed by atoms with Crippen LogP contribution in [0.1, 0.15) is 17.4 Å². The van der Waals surface area contributed by atoms with Crippen molar-refractivity contribution >= 4 is 16.9 Å². The van der Waals surface area contributed by atoms with Gasteiger partial charge >= 0.3 is 5.97 Å². The zero-order valence-electron chi connectivity index (χ0n) is 12.6. The third-order valence-electron chi connectivity index (χ3n) is 3.54. The second-order valence-electron chi connectivity index (χ2n) is 4.93. The first-order valence-electron chi connectivity index (χ1n) is 7.15. The number of benzene rings is 2. The van der Waals surface area contributed by atoms with Gasteiger partial charge in [-0.15, -0.1) is 0 Å². The maximum absolute atomic E-state index is 11.8. The molecule has 1 aromatic heterocycles. The van der Waals surface area contributed by atoms with Crippen molar-refractivity contribution in [3.8, 4) is 16.9 Å². The van der Waals surface area contributed by atoms with Gasteiger partial charge in [-0.2, -0.15) is 0 Å². The molecular formula is C18H17NO3. The Bertz CT molecular complexity index is 803. The smallest absolute Gasteiger partial charge is 0.354 e. The molecule has 0 radical (unpaired) electrons. The highest BCUT2D eigenvalue weighted by Crippen LogP contribution is 2.26. The second kappa shape index (κ2) is 5.93. The van der Waals surface area contributed by atoms with Gasteiger partial charge in [-0.3, -0.25) is 0 Å². The third kappa shape index (κ3) is 2.68. The fraction of sp³-hybridized carbons (Fsp3) is 0.167. The van der Waals surface area contributed by atoms with Crippen molar-refractivity contribution < 1.29 is 14.3 Å². The molecule has 0 bridgehead atoms. The predicted molar refractivity (Wildman–Crippen MR) is 86.2 cm³/mol. The lowest BCUT2D eigenvalue weighted by Gasteiger charge is -2.04. The molecule has 0 unspecified atom stereocenters. The molecule has 4 heteroatoms. The fourth-order valence-electron chi connectivity index (χ4n) is 2.41. The molecule has 0 saturated heterocycles. The summed E-state index contributed by atoms with van der Waals surface area (Å²) in [5, 5.41) is 0.983. The Morgan fingerprint density at radius 3 is 2.45 bits per heavy atom. The van der Waals surface area contributed by atoms with E-state index in [0.717, 1.165) is 27.8 Å². The van der Waals surface area contributed by atoms with E-state index in [0.29, 0.717) is 12.3 Å². The van der Waals surface area contributed by atoms with Gasteiger partial charge in [0.1, 0.15) is 11.4 Å². The van der Waals surface area contributed by atoms with Crippen molar-refractivity contribution in [2.24, 2.45) is 0 Å². The van der Waals surface area contributed by atoms with Crippen LogP contribution in [0.2, 0.25) is 0 Å². The number of nitrogens with one attached hydrogen (secondary N) is 1. The molecule has 0 aliphatic heterocycles. The molecule has 1 heterocycles. The molecule has 112 valence electrons. The van der Waals surface area contributed by atoms with Crippen LogP contribution in [0.3, 0.4) is 0 Å². The van der Waals surface area contributed by atoms with E-state index >= 15 is 0 Å². The Balaban J connectivity index is 1.96. The third-order valence-corrected chi connectivity index (χ3v) is 3.54. The molecule has 0 saturated carbocycles. The number of ether oxygens (including phenoxy) is 2. The van der Waals surface area contributed by atoms with Crippen molar-refractivity contribution in [1.29, 1.82) is 0 Å². The summed E-state index contributed by atoms with van der Waals surface area (Å²) in [6, 6.07) is 15.8. The van der Waals surface area contributed by atoms with E-state index in [4.69, 9.17) is 9.47 Å². The molecule has 0 amide bonds. The lowest BCUT2D eigenvalue weighted by Crippen LogP contribution is -2.04. The van der Waals surface area contributed by atoms with Gasteiger partial charge in [0, 0.05) is 10.9 Å². The van der Waals surface area contributed by atoms with Crippen LogP contribution in [-0.2, 0) is 4.74 Å². The number of carbonyl (C=O) groups excluding carboxylic acids is 1. The van der Waals surface area contributed by atoms with E-state index in [1.807, 2.05) is 42.5 Å². The Hall–Kier alpha value is -2.75. The summed E-state index contributed by atoms with van der Waals surface area (Å²) in [6.07, 6.45) is 0. The zero-order valence-corrected chi connectivity index (χ0v) is 12.6. The van der Waals surface area contributed by atoms with Crippen LogP contribution in [0.4, 0.5) is 0 Å². The first kappa shape index (κ1) is 14.2. The highest BCUT2D eigenvalue weighted by atomic mass is 16.5. The largest absolute Gasteiger partial charge is 0.497 e. The monoisotopic (exact) mass is 295 g/mol. The van der Waals surface area contributed by atoms with Gasteiger partial charge in [0.05, 0.1) is 13.7 Å². The van der Waals surface area contributed by atoms with Crippen LogP contribution in [0.15, 0.2) is 48.5 Å². The van der Waals surface area contributed by atoms with Gasteiger partial charge in [0.25, 0.3) is 0 Å². The number of carbonyl (C=O) groups is 1. The standard InChI is InChI=1S/C18H17NO3/c1-3-22-18(20)17-11-14-10-13(6-9-16(14)19-17)12-4-7-15(21-2)8-5-12/h4-11,19H,3H2,1-2H3. The van der Waals surface area contributed by atoms with Gasteiger partial charge in [-0.05, 0) is 48.4 Å². The summed E-state index contributed by atoms with van der Waals surface area (Å²) >= 11 is 0. The topological polar surface area (TPSA) is 51.3 Å². The summed E-state index contributed by atoms with van der Waals surface area (Å²) in [7, 11) is 1.65. The van der Waals surface area contributed by atoms with E-state index in [-0.39, 0.29) is 5.97 Å². The number of hydrogen-bond donors (Lipinski definition) is 1. The van der Waals surface area contributed by atoms with Crippen LogP contribution in [0.5, 0.6) is 5.75 Å². The van der Waals surface area contributed by atoms with Crippen LogP contribution >= 0.6 is 0 Å². The minimum Gasteiger partial charge on any atom is -0.497 e. The molecule has 0 fully saturated rings. The van der Waals surface area contributed by atoms with Crippen LogP contribution in [-0.4, -0.2) is 24.7 Å². The normalized spacial score (nSPS) is 10.6. The molecule has 3 rings (SSSR count). The molecular weight excluding hydrogens is 278 g/mol. The molecule has 0 aliphatic rings. The van der Waals surface area contributed by atoms with Gasteiger partial charge in [0.2, 0.25) is 0 Å². The van der Waals surface area contributed by atoms with Crippen molar-refractivity contribution in [2.75, 3.05) is 13.7 Å². The molecule has 0 spiro atoms. The number of esters is 1. The summed E-state index contributed by atoms with van der Waals surface area (Å²) in [6.45, 7) is 2.16. The maximum atomic E-state index is 11.8. The lowest BCUT2D eigenvalue weighted by atomic mass is 10.0. The number of methoxy groups -OCH3 is 1. The number of hydrogen-bond acceptors (Lipinski definition) is 3. The molecule has 0 aliphatic carbocycles. The average Bonchev–Trinajstić information content (AvgIpc) is 2.98. The molecule has 1 N–H and O–H groups in total. The zero-order chi connectivity index (χ0) is 15.5. The number of aromatic nitrogens is 1. The first-order valence-corrected chi connectivity index (χ1v) is 7.15. The van der Waals surface area contributed by atoms with E-state index in [1.54, 1.807) is 14.0 Å². The number of aromatic amines is 1. The van der Waals surface area contributed by atoms with Gasteiger partial charge in [-0.1, -0.05) is 18.2 Å². The summed E-state index contributed by atoms with van der Waals surface area (Å²) < 4.78 is 10.2. The number of rotatable bonds is 4. The highest BCUT2D eigenvalue weighted by Gasteiger charge is 2.10. The maximum Gasteiger partial charge on any atom is 0.354 e. The molecule has 3 aromatic rings. The van der Waals surface area contributed by atoms with Crippen molar-refractivity contribution in [3.05, 3.63) is 54.2 Å². The van der Waals surface area contributed by atoms with Crippen LogP contribution in [0.25, 0.3) is 22.0 Å². The molecule has 2 aromatic carbocycles. The molecule has 22 heavy (non-hydrogen) atoms. The summed E-state index contributed by atoms with van der Waals surface area (Å²) in [4.78, 5) is 14.9. The van der Waals surface area contributed by atoms with Crippen molar-refractivity contribution in [2.45, 2.75) is 6.92 Å². The second-order valence-corrected chi connectivity index (χ2v) is 4.93. The molecule has 4 nitrogen and oxygen atoms in total. The van der Waals surface area contributed by atoms with Gasteiger partial charge in [-0.25, -0.2) is 4.79 Å². The lowest BCUT2D eigenvalue weighted by molar-refractivity contribution is 0.0520. The van der Waals surface area contributed by atoms with Gasteiger partial charge in [0.15, 0.2) is 0 Å². The van der Waals surface area contributed by atoms with Crippen molar-refractivity contribution in [1.82, 2.24) is 4.98 Å². The molecule has 0 atom stereocenters. The highest BCUT2D eigenvalue weighted by molar-refractivity contribution is 5.96.